The second-order valence-electron chi connectivity index (χ2n) is 9.07. The number of aliphatic hydroxyl groups is 1. The molecule has 4 aromatic rings. The lowest BCUT2D eigenvalue weighted by molar-refractivity contribution is 0.0633. The summed E-state index contributed by atoms with van der Waals surface area (Å²) in [6.07, 6.45) is 1.67. The van der Waals surface area contributed by atoms with Gasteiger partial charge in [-0.05, 0) is 61.9 Å². The van der Waals surface area contributed by atoms with Crippen LogP contribution in [-0.2, 0) is 0 Å². The summed E-state index contributed by atoms with van der Waals surface area (Å²) >= 11 is 12.2. The van der Waals surface area contributed by atoms with Crippen molar-refractivity contribution < 1.29 is 9.84 Å². The van der Waals surface area contributed by atoms with Gasteiger partial charge in [-0.3, -0.25) is 4.90 Å². The van der Waals surface area contributed by atoms with Crippen molar-refractivity contribution in [2.24, 2.45) is 0 Å². The number of aromatic nitrogens is 2. The van der Waals surface area contributed by atoms with E-state index < -0.39 is 0 Å². The van der Waals surface area contributed by atoms with E-state index in [2.05, 4.69) is 10.2 Å². The number of likely N-dealkylation sites (tertiary alicyclic amines) is 1. The van der Waals surface area contributed by atoms with E-state index >= 15 is 0 Å². The topological polar surface area (TPSA) is 70.5 Å². The number of hydrogen-bond acceptors (Lipinski definition) is 6. The monoisotopic (exact) mass is 534 g/mol. The zero-order valence-corrected chi connectivity index (χ0v) is 21.8. The Morgan fingerprint density at radius 1 is 0.892 bits per heavy atom. The summed E-state index contributed by atoms with van der Waals surface area (Å²) in [5, 5.41) is 14.5. The van der Waals surface area contributed by atoms with Gasteiger partial charge >= 0.3 is 0 Å². The summed E-state index contributed by atoms with van der Waals surface area (Å²) < 4.78 is 6.00. The van der Waals surface area contributed by atoms with Crippen LogP contribution in [0.15, 0.2) is 78.9 Å². The third-order valence-corrected chi connectivity index (χ3v) is 6.76. The molecule has 0 amide bonds. The third kappa shape index (κ3) is 6.99. The highest BCUT2D eigenvalue weighted by Crippen LogP contribution is 2.29. The van der Waals surface area contributed by atoms with Gasteiger partial charge in [-0.1, -0.05) is 53.5 Å². The maximum Gasteiger partial charge on any atom is 0.228 e. The summed E-state index contributed by atoms with van der Waals surface area (Å²) in [5.41, 5.74) is 4.24. The van der Waals surface area contributed by atoms with Gasteiger partial charge in [-0.2, -0.15) is 0 Å². The first-order chi connectivity index (χ1) is 18.0. The van der Waals surface area contributed by atoms with Gasteiger partial charge in [-0.15, -0.1) is 0 Å². The Hall–Kier alpha value is -3.16. The molecular formula is C29H28Cl2N4O2. The number of hydrogen-bond donors (Lipinski definition) is 2. The van der Waals surface area contributed by atoms with E-state index in [-0.39, 0.29) is 6.10 Å². The molecule has 0 bridgehead atoms. The lowest BCUT2D eigenvalue weighted by Crippen LogP contribution is -2.40. The number of rotatable bonds is 8. The normalized spacial score (nSPS) is 15.9. The van der Waals surface area contributed by atoms with Crippen LogP contribution in [0.5, 0.6) is 5.75 Å². The predicted octanol–water partition coefficient (Wildman–Crippen LogP) is 6.70. The second-order valence-corrected chi connectivity index (χ2v) is 9.95. The molecule has 1 aromatic heterocycles. The molecule has 2 heterocycles. The highest BCUT2D eigenvalue weighted by atomic mass is 35.5. The summed E-state index contributed by atoms with van der Waals surface area (Å²) in [6, 6.07) is 24.9. The van der Waals surface area contributed by atoms with Crippen molar-refractivity contribution in [1.82, 2.24) is 14.9 Å². The van der Waals surface area contributed by atoms with Gasteiger partial charge in [-0.25, -0.2) is 9.97 Å². The van der Waals surface area contributed by atoms with Crippen LogP contribution in [0, 0.1) is 0 Å². The van der Waals surface area contributed by atoms with Crippen LogP contribution < -0.4 is 10.1 Å². The lowest BCUT2D eigenvalue weighted by atomic mass is 10.1. The van der Waals surface area contributed by atoms with Crippen LogP contribution >= 0.6 is 23.2 Å². The molecule has 190 valence electrons. The molecule has 1 atom stereocenters. The molecule has 1 aliphatic heterocycles. The Labute approximate surface area is 226 Å². The largest absolute Gasteiger partial charge is 0.492 e. The summed E-state index contributed by atoms with van der Waals surface area (Å²) in [6.45, 7) is 3.05. The van der Waals surface area contributed by atoms with Crippen molar-refractivity contribution >= 4 is 34.8 Å². The molecular weight excluding hydrogens is 507 g/mol. The second kappa shape index (κ2) is 11.9. The van der Waals surface area contributed by atoms with Crippen molar-refractivity contribution in [1.29, 1.82) is 0 Å². The average Bonchev–Trinajstić information content (AvgIpc) is 2.90. The molecule has 37 heavy (non-hydrogen) atoms. The molecule has 6 nitrogen and oxygen atoms in total. The van der Waals surface area contributed by atoms with Gasteiger partial charge in [0.25, 0.3) is 0 Å². The Bertz CT molecular complexity index is 1270. The first kappa shape index (κ1) is 25.5. The zero-order valence-electron chi connectivity index (χ0n) is 20.3. The Balaban J connectivity index is 1.35. The van der Waals surface area contributed by atoms with Crippen molar-refractivity contribution in [3.63, 3.8) is 0 Å². The van der Waals surface area contributed by atoms with Crippen LogP contribution in [-0.4, -0.2) is 52.3 Å². The van der Waals surface area contributed by atoms with E-state index in [9.17, 15) is 5.11 Å². The van der Waals surface area contributed by atoms with E-state index in [1.807, 2.05) is 78.9 Å². The van der Waals surface area contributed by atoms with E-state index in [0.29, 0.717) is 29.1 Å². The van der Waals surface area contributed by atoms with Crippen molar-refractivity contribution in [2.75, 3.05) is 31.6 Å². The molecule has 0 spiro atoms. The van der Waals surface area contributed by atoms with Gasteiger partial charge in [0.1, 0.15) is 12.4 Å². The van der Waals surface area contributed by atoms with Crippen molar-refractivity contribution in [3.8, 4) is 28.3 Å². The minimum absolute atomic E-state index is 0.234. The Kier molecular flexibility index (Phi) is 8.21. The van der Waals surface area contributed by atoms with Crippen molar-refractivity contribution in [3.05, 3.63) is 88.9 Å². The molecule has 0 radical (unpaired) electrons. The number of β-amino-alcohol motifs (C(OH)–C–C–N with tert-alkyl or cyclic N) is 1. The molecule has 0 aliphatic carbocycles. The highest BCUT2D eigenvalue weighted by molar-refractivity contribution is 6.30. The lowest BCUT2D eigenvalue weighted by Gasteiger charge is -2.29. The van der Waals surface area contributed by atoms with Crippen LogP contribution in [0.2, 0.25) is 10.0 Å². The number of nitrogens with one attached hydrogen (secondary N) is 1. The van der Waals surface area contributed by atoms with E-state index in [1.165, 1.54) is 0 Å². The molecule has 3 aromatic carbocycles. The molecule has 1 aliphatic rings. The quantitative estimate of drug-likeness (QED) is 0.262. The zero-order chi connectivity index (χ0) is 25.6. The van der Waals surface area contributed by atoms with Crippen LogP contribution in [0.25, 0.3) is 22.5 Å². The highest BCUT2D eigenvalue weighted by Gasteiger charge is 2.17. The number of aliphatic hydroxyl groups excluding tert-OH is 1. The fourth-order valence-corrected chi connectivity index (χ4v) is 4.61. The van der Waals surface area contributed by atoms with Crippen molar-refractivity contribution in [2.45, 2.75) is 18.9 Å². The maximum absolute atomic E-state index is 9.87. The van der Waals surface area contributed by atoms with Crippen LogP contribution in [0.4, 0.5) is 11.6 Å². The number of ether oxygens (including phenoxy) is 1. The van der Waals surface area contributed by atoms with Gasteiger partial charge in [0, 0.05) is 46.0 Å². The minimum Gasteiger partial charge on any atom is -0.492 e. The van der Waals surface area contributed by atoms with E-state index in [1.54, 1.807) is 0 Å². The molecule has 1 saturated heterocycles. The Morgan fingerprint density at radius 2 is 1.54 bits per heavy atom. The van der Waals surface area contributed by atoms with E-state index in [0.717, 1.165) is 59.9 Å². The summed E-state index contributed by atoms with van der Waals surface area (Å²) in [5.74, 6) is 1.23. The van der Waals surface area contributed by atoms with Crippen LogP contribution in [0.3, 0.4) is 0 Å². The maximum atomic E-state index is 9.87. The Morgan fingerprint density at radius 3 is 2.16 bits per heavy atom. The molecule has 2 N–H and O–H groups in total. The first-order valence-corrected chi connectivity index (χ1v) is 13.1. The SMILES string of the molecule is OC1CCCN(CCOc2cccc(Nc3nc(-c4ccc(Cl)cc4)cc(-c4ccc(Cl)cc4)n3)c2)C1. The van der Waals surface area contributed by atoms with Gasteiger partial charge < -0.3 is 15.2 Å². The summed E-state index contributed by atoms with van der Waals surface area (Å²) in [4.78, 5) is 11.8. The minimum atomic E-state index is -0.234. The summed E-state index contributed by atoms with van der Waals surface area (Å²) in [7, 11) is 0. The smallest absolute Gasteiger partial charge is 0.228 e. The molecule has 8 heteroatoms. The van der Waals surface area contributed by atoms with Crippen LogP contribution in [0.1, 0.15) is 12.8 Å². The molecule has 0 saturated carbocycles. The van der Waals surface area contributed by atoms with Gasteiger partial charge in [0.05, 0.1) is 17.5 Å². The number of anilines is 2. The average molecular weight is 535 g/mol. The fourth-order valence-electron chi connectivity index (χ4n) is 4.36. The number of nitrogens with zero attached hydrogens (tertiary/aromatic N) is 3. The number of piperidine rings is 1. The predicted molar refractivity (Wildman–Crippen MR) is 150 cm³/mol. The molecule has 1 unspecified atom stereocenters. The standard InChI is InChI=1S/C29H28Cl2N4O2/c30-22-10-6-20(7-11-22)27-18-28(21-8-12-23(31)13-9-21)34-29(33-27)32-24-3-1-5-26(17-24)37-16-15-35-14-2-4-25(36)19-35/h1,3,5-13,17-18,25,36H,2,4,14-16,19H2,(H,32,33,34). The third-order valence-electron chi connectivity index (χ3n) is 6.25. The first-order valence-electron chi connectivity index (χ1n) is 12.3. The van der Waals surface area contributed by atoms with Gasteiger partial charge in [0.15, 0.2) is 0 Å². The molecule has 1 fully saturated rings. The van der Waals surface area contributed by atoms with Gasteiger partial charge in [0.2, 0.25) is 5.95 Å². The number of halogens is 2. The number of benzene rings is 3. The fraction of sp³-hybridized carbons (Fsp3) is 0.241. The molecule has 5 rings (SSSR count). The van der Waals surface area contributed by atoms with E-state index in [4.69, 9.17) is 37.9 Å².